The first-order valence-corrected chi connectivity index (χ1v) is 12.1. The van der Waals surface area contributed by atoms with Crippen molar-refractivity contribution in [2.24, 2.45) is 0 Å². The summed E-state index contributed by atoms with van der Waals surface area (Å²) >= 11 is 0. The molecule has 0 amide bonds. The number of hydrogen-bond acceptors (Lipinski definition) is 5. The molecule has 0 radical (unpaired) electrons. The largest absolute Gasteiger partial charge is 0.376 e. The van der Waals surface area contributed by atoms with Crippen LogP contribution in [0.25, 0.3) is 10.9 Å². The van der Waals surface area contributed by atoms with Gasteiger partial charge in [-0.2, -0.15) is 0 Å². The third-order valence-electron chi connectivity index (χ3n) is 7.22. The first-order chi connectivity index (χ1) is 16.7. The fourth-order valence-electron chi connectivity index (χ4n) is 5.47. The third-order valence-corrected chi connectivity index (χ3v) is 7.22. The van der Waals surface area contributed by atoms with Crippen LogP contribution in [0.2, 0.25) is 0 Å². The number of nitrogens with one attached hydrogen (secondary N) is 2. The number of aryl methyl sites for hydroxylation is 1. The van der Waals surface area contributed by atoms with Gasteiger partial charge in [-0.15, -0.1) is 5.10 Å². The molecular formula is C26H29N6O2+. The molecule has 0 saturated carbocycles. The first kappa shape index (κ1) is 21.2. The molecule has 2 N–H and O–H groups in total. The van der Waals surface area contributed by atoms with Gasteiger partial charge in [-0.1, -0.05) is 36.4 Å². The summed E-state index contributed by atoms with van der Waals surface area (Å²) in [5.41, 5.74) is 5.29. The maximum absolute atomic E-state index is 13.5. The van der Waals surface area contributed by atoms with Crippen LogP contribution in [-0.4, -0.2) is 44.4 Å². The van der Waals surface area contributed by atoms with Crippen molar-refractivity contribution in [2.75, 3.05) is 13.2 Å². The second kappa shape index (κ2) is 8.77. The molecule has 0 spiro atoms. The van der Waals surface area contributed by atoms with Crippen LogP contribution in [0.15, 0.2) is 53.3 Å². The summed E-state index contributed by atoms with van der Waals surface area (Å²) < 4.78 is 7.71. The number of benzene rings is 2. The van der Waals surface area contributed by atoms with Gasteiger partial charge in [0.1, 0.15) is 6.54 Å². The summed E-state index contributed by atoms with van der Waals surface area (Å²) in [4.78, 5) is 17.9. The highest BCUT2D eigenvalue weighted by Gasteiger charge is 2.36. The molecule has 4 heterocycles. The van der Waals surface area contributed by atoms with E-state index in [1.54, 1.807) is 0 Å². The lowest BCUT2D eigenvalue weighted by molar-refractivity contribution is -0.942. The average molecular weight is 458 g/mol. The van der Waals surface area contributed by atoms with Crippen LogP contribution in [0.5, 0.6) is 0 Å². The lowest BCUT2D eigenvalue weighted by atomic mass is 9.95. The van der Waals surface area contributed by atoms with Crippen LogP contribution in [0.4, 0.5) is 0 Å². The van der Waals surface area contributed by atoms with Crippen LogP contribution in [-0.2, 0) is 24.2 Å². The van der Waals surface area contributed by atoms with Crippen LogP contribution in [0.1, 0.15) is 47.0 Å². The number of aromatic amines is 1. The van der Waals surface area contributed by atoms with E-state index < -0.39 is 0 Å². The van der Waals surface area contributed by atoms with Gasteiger partial charge >= 0.3 is 0 Å². The van der Waals surface area contributed by atoms with E-state index in [2.05, 4.69) is 56.9 Å². The number of quaternary nitrogens is 1. The van der Waals surface area contributed by atoms with E-state index in [1.165, 1.54) is 16.0 Å². The monoisotopic (exact) mass is 457 g/mol. The van der Waals surface area contributed by atoms with Crippen molar-refractivity contribution in [3.8, 4) is 0 Å². The van der Waals surface area contributed by atoms with E-state index in [-0.39, 0.29) is 17.7 Å². The van der Waals surface area contributed by atoms with Crippen LogP contribution in [0, 0.1) is 6.92 Å². The van der Waals surface area contributed by atoms with Crippen molar-refractivity contribution in [3.63, 3.8) is 0 Å². The summed E-state index contributed by atoms with van der Waals surface area (Å²) in [5.74, 6) is 0.724. The number of aromatic nitrogens is 5. The van der Waals surface area contributed by atoms with Crippen molar-refractivity contribution < 1.29 is 9.64 Å². The van der Waals surface area contributed by atoms with Gasteiger partial charge in [-0.05, 0) is 58.8 Å². The Balaban J connectivity index is 1.46. The highest BCUT2D eigenvalue weighted by Crippen LogP contribution is 2.22. The minimum atomic E-state index is -0.279. The molecule has 8 nitrogen and oxygen atoms in total. The number of pyridine rings is 1. The molecule has 8 heteroatoms. The molecule has 34 heavy (non-hydrogen) atoms. The van der Waals surface area contributed by atoms with E-state index >= 15 is 0 Å². The van der Waals surface area contributed by atoms with E-state index in [0.717, 1.165) is 61.2 Å². The van der Waals surface area contributed by atoms with Crippen LogP contribution >= 0.6 is 0 Å². The zero-order valence-electron chi connectivity index (χ0n) is 19.3. The lowest BCUT2D eigenvalue weighted by Gasteiger charge is -2.32. The number of nitrogens with zero attached hydrogens (tertiary/aromatic N) is 4. The van der Waals surface area contributed by atoms with E-state index in [1.807, 2.05) is 23.7 Å². The standard InChI is InChI=1S/C26H28N6O2/c1-17-8-9-19-14-22(26(33)27-23(19)13-17)24(31-11-10-18-5-2-3-6-20(18)15-31)25-28-29-30-32(25)16-21-7-4-12-34-21/h2-3,5-6,8-9,13-14,21,24H,4,7,10-12,15-16H2,1H3,(H,27,33)/p+1/t21-,24+/m1/s1. The van der Waals surface area contributed by atoms with Gasteiger partial charge in [0.15, 0.2) is 6.04 Å². The normalized spacial score (nSPS) is 21.0. The Labute approximate surface area is 197 Å². The summed E-state index contributed by atoms with van der Waals surface area (Å²) in [6, 6.07) is 16.5. The molecule has 6 rings (SSSR count). The van der Waals surface area contributed by atoms with E-state index in [9.17, 15) is 4.79 Å². The fraction of sp³-hybridized carbons (Fsp3) is 0.385. The predicted molar refractivity (Wildman–Crippen MR) is 128 cm³/mol. The molecular weight excluding hydrogens is 428 g/mol. The van der Waals surface area contributed by atoms with Crippen molar-refractivity contribution >= 4 is 10.9 Å². The Bertz CT molecular complexity index is 1390. The Morgan fingerprint density at radius 1 is 1.21 bits per heavy atom. The Morgan fingerprint density at radius 2 is 2.09 bits per heavy atom. The minimum Gasteiger partial charge on any atom is -0.376 e. The molecule has 2 aromatic carbocycles. The van der Waals surface area contributed by atoms with Crippen molar-refractivity contribution in [1.82, 2.24) is 25.2 Å². The molecule has 3 atom stereocenters. The highest BCUT2D eigenvalue weighted by atomic mass is 16.5. The summed E-state index contributed by atoms with van der Waals surface area (Å²) in [7, 11) is 0. The van der Waals surface area contributed by atoms with Gasteiger partial charge in [0.05, 0.1) is 24.8 Å². The molecule has 1 unspecified atom stereocenters. The smallest absolute Gasteiger partial charge is 0.258 e. The highest BCUT2D eigenvalue weighted by molar-refractivity contribution is 5.79. The second-order valence-corrected chi connectivity index (χ2v) is 9.54. The molecule has 4 aromatic rings. The maximum Gasteiger partial charge on any atom is 0.258 e. The van der Waals surface area contributed by atoms with Crippen molar-refractivity contribution in [1.29, 1.82) is 0 Å². The Morgan fingerprint density at radius 3 is 2.94 bits per heavy atom. The minimum absolute atomic E-state index is 0.0823. The Kier molecular flexibility index (Phi) is 5.47. The predicted octanol–water partition coefficient (Wildman–Crippen LogP) is 1.73. The second-order valence-electron chi connectivity index (χ2n) is 9.54. The van der Waals surface area contributed by atoms with Crippen molar-refractivity contribution in [3.05, 3.63) is 87.0 Å². The molecule has 0 aliphatic carbocycles. The van der Waals surface area contributed by atoms with Gasteiger partial charge in [-0.3, -0.25) is 4.79 Å². The topological polar surface area (TPSA) is 90.1 Å². The molecule has 2 aliphatic heterocycles. The van der Waals surface area contributed by atoms with Gasteiger partial charge in [0, 0.05) is 24.1 Å². The number of ether oxygens (including phenoxy) is 1. The summed E-state index contributed by atoms with van der Waals surface area (Å²) in [5, 5.41) is 13.8. The molecule has 174 valence electrons. The quantitative estimate of drug-likeness (QED) is 0.477. The lowest BCUT2D eigenvalue weighted by Crippen LogP contribution is -3.12. The number of hydrogen-bond donors (Lipinski definition) is 2. The van der Waals surface area contributed by atoms with Gasteiger partial charge < -0.3 is 14.6 Å². The summed E-state index contributed by atoms with van der Waals surface area (Å²) in [6.45, 7) is 5.14. The number of tetrazole rings is 1. The van der Waals surface area contributed by atoms with E-state index in [0.29, 0.717) is 12.1 Å². The average Bonchev–Trinajstić information content (AvgIpc) is 3.52. The van der Waals surface area contributed by atoms with Gasteiger partial charge in [0.25, 0.3) is 5.56 Å². The summed E-state index contributed by atoms with van der Waals surface area (Å²) in [6.07, 6.45) is 3.13. The first-order valence-electron chi connectivity index (χ1n) is 12.1. The zero-order chi connectivity index (χ0) is 23.1. The van der Waals surface area contributed by atoms with Crippen LogP contribution in [0.3, 0.4) is 0 Å². The number of fused-ring (bicyclic) bond motifs is 2. The Hall–Kier alpha value is -3.36. The van der Waals surface area contributed by atoms with Gasteiger partial charge in [0.2, 0.25) is 5.82 Å². The molecule has 2 aromatic heterocycles. The third kappa shape index (κ3) is 3.93. The SMILES string of the molecule is Cc1ccc2cc([C@@H](c3nnnn3C[C@H]3CCCO3)[NH+]3CCc4ccccc4C3)c(=O)[nH]c2c1. The van der Waals surface area contributed by atoms with E-state index in [4.69, 9.17) is 4.74 Å². The zero-order valence-corrected chi connectivity index (χ0v) is 19.3. The molecule has 1 saturated heterocycles. The van der Waals surface area contributed by atoms with Gasteiger partial charge in [-0.25, -0.2) is 4.68 Å². The molecule has 0 bridgehead atoms. The fourth-order valence-corrected chi connectivity index (χ4v) is 5.47. The van der Waals surface area contributed by atoms with Crippen LogP contribution < -0.4 is 10.5 Å². The molecule has 2 aliphatic rings. The van der Waals surface area contributed by atoms with Crippen molar-refractivity contribution in [2.45, 2.75) is 51.4 Å². The number of rotatable bonds is 5. The number of H-pyrrole nitrogens is 1. The maximum atomic E-state index is 13.5. The molecule has 1 fully saturated rings.